The number of carbonyl (C=O) groups is 1. The number of aromatic nitrogens is 1. The van der Waals surface area contributed by atoms with Crippen LogP contribution < -0.4 is 5.32 Å². The van der Waals surface area contributed by atoms with Crippen LogP contribution in [0.4, 0.5) is 4.79 Å². The highest BCUT2D eigenvalue weighted by Crippen LogP contribution is 2.29. The number of ether oxygens (including phenoxy) is 1. The van der Waals surface area contributed by atoms with Crippen molar-refractivity contribution < 1.29 is 9.53 Å². The van der Waals surface area contributed by atoms with Gasteiger partial charge in [0.15, 0.2) is 0 Å². The van der Waals surface area contributed by atoms with Crippen molar-refractivity contribution in [3.8, 4) is 0 Å². The second-order valence-corrected chi connectivity index (χ2v) is 5.96. The summed E-state index contributed by atoms with van der Waals surface area (Å²) in [5, 5.41) is 5.95. The summed E-state index contributed by atoms with van der Waals surface area (Å²) in [6, 6.07) is 0. The number of amides is 1. The molecule has 1 N–H and O–H groups in total. The normalized spacial score (nSPS) is 29.0. The molecule has 0 radical (unpaired) electrons. The molecule has 2 saturated heterocycles. The highest BCUT2D eigenvalue weighted by atomic mass is 32.1. The van der Waals surface area contributed by atoms with Crippen LogP contribution in [0.15, 0.2) is 11.6 Å². The number of carbonyl (C=O) groups excluding carboxylic acids is 1. The zero-order valence-electron chi connectivity index (χ0n) is 10.2. The lowest BCUT2D eigenvalue weighted by Crippen LogP contribution is -2.34. The van der Waals surface area contributed by atoms with Crippen LogP contribution in [0.1, 0.15) is 24.3 Å². The van der Waals surface area contributed by atoms with Gasteiger partial charge in [0.25, 0.3) is 0 Å². The number of alkyl carbamates (subject to hydrolysis) is 1. The van der Waals surface area contributed by atoms with Gasteiger partial charge in [-0.15, -0.1) is 11.3 Å². The highest BCUT2D eigenvalue weighted by molar-refractivity contribution is 7.09. The van der Waals surface area contributed by atoms with Gasteiger partial charge < -0.3 is 10.1 Å². The molecule has 1 amide bonds. The molecule has 3 rings (SSSR count). The highest BCUT2D eigenvalue weighted by Gasteiger charge is 2.41. The summed E-state index contributed by atoms with van der Waals surface area (Å²) in [5.74, 6) is 0. The van der Waals surface area contributed by atoms with Crippen LogP contribution in [0.5, 0.6) is 0 Å². The molecule has 0 aliphatic carbocycles. The van der Waals surface area contributed by atoms with E-state index in [0.717, 1.165) is 43.9 Å². The van der Waals surface area contributed by atoms with Crippen molar-refractivity contribution in [3.05, 3.63) is 16.6 Å². The first-order valence-electron chi connectivity index (χ1n) is 6.33. The van der Waals surface area contributed by atoms with Gasteiger partial charge in [0, 0.05) is 24.5 Å². The van der Waals surface area contributed by atoms with E-state index in [0.29, 0.717) is 6.54 Å². The van der Waals surface area contributed by atoms with Gasteiger partial charge in [-0.3, -0.25) is 4.90 Å². The standard InChI is InChI=1S/C12H17N3O2S/c16-11-14-9-12(17-11)2-1-5-15(6-3-12)8-10-13-4-7-18-10/h4,7H,1-3,5-6,8-9H2,(H,14,16)/t12-/m0/s1. The molecule has 2 aliphatic rings. The van der Waals surface area contributed by atoms with Crippen LogP contribution in [0.2, 0.25) is 0 Å². The lowest BCUT2D eigenvalue weighted by molar-refractivity contribution is 0.0443. The van der Waals surface area contributed by atoms with E-state index < -0.39 is 0 Å². The molecule has 3 heterocycles. The van der Waals surface area contributed by atoms with Crippen molar-refractivity contribution in [2.24, 2.45) is 0 Å². The van der Waals surface area contributed by atoms with E-state index in [4.69, 9.17) is 4.74 Å². The number of nitrogens with zero attached hydrogens (tertiary/aromatic N) is 2. The molecule has 1 aromatic rings. The summed E-state index contributed by atoms with van der Waals surface area (Å²) in [6.45, 7) is 3.60. The third kappa shape index (κ3) is 2.49. The maximum absolute atomic E-state index is 11.2. The largest absolute Gasteiger partial charge is 0.441 e. The first-order chi connectivity index (χ1) is 8.76. The van der Waals surface area contributed by atoms with Crippen LogP contribution in [-0.2, 0) is 11.3 Å². The molecule has 2 fully saturated rings. The minimum absolute atomic E-state index is 0.255. The molecule has 5 nitrogen and oxygen atoms in total. The van der Waals surface area contributed by atoms with Crippen molar-refractivity contribution in [1.82, 2.24) is 15.2 Å². The Bertz CT molecular complexity index is 423. The monoisotopic (exact) mass is 267 g/mol. The van der Waals surface area contributed by atoms with Crippen LogP contribution >= 0.6 is 11.3 Å². The molecule has 6 heteroatoms. The molecule has 0 aromatic carbocycles. The van der Waals surface area contributed by atoms with Gasteiger partial charge in [-0.1, -0.05) is 0 Å². The summed E-state index contributed by atoms with van der Waals surface area (Å²) in [4.78, 5) is 17.9. The van der Waals surface area contributed by atoms with Crippen molar-refractivity contribution >= 4 is 17.4 Å². The average Bonchev–Trinajstić information content (AvgIpc) is 2.92. The fraction of sp³-hybridized carbons (Fsp3) is 0.667. The van der Waals surface area contributed by atoms with Gasteiger partial charge in [-0.2, -0.15) is 0 Å². The molecule has 1 spiro atoms. The van der Waals surface area contributed by atoms with Crippen LogP contribution in [0.3, 0.4) is 0 Å². The van der Waals surface area contributed by atoms with Crippen molar-refractivity contribution in [1.29, 1.82) is 0 Å². The predicted molar refractivity (Wildman–Crippen MR) is 68.5 cm³/mol. The fourth-order valence-corrected chi connectivity index (χ4v) is 3.34. The van der Waals surface area contributed by atoms with Gasteiger partial charge in [0.1, 0.15) is 10.6 Å². The Kier molecular flexibility index (Phi) is 3.22. The number of rotatable bonds is 2. The lowest BCUT2D eigenvalue weighted by Gasteiger charge is -2.24. The molecular weight excluding hydrogens is 250 g/mol. The summed E-state index contributed by atoms with van der Waals surface area (Å²) in [5.41, 5.74) is -0.255. The second kappa shape index (κ2) is 4.85. The maximum Gasteiger partial charge on any atom is 0.407 e. The second-order valence-electron chi connectivity index (χ2n) is 4.98. The van der Waals surface area contributed by atoms with E-state index in [1.165, 1.54) is 0 Å². The summed E-state index contributed by atoms with van der Waals surface area (Å²) < 4.78 is 5.46. The quantitative estimate of drug-likeness (QED) is 0.884. The summed E-state index contributed by atoms with van der Waals surface area (Å²) >= 11 is 1.70. The van der Waals surface area contributed by atoms with E-state index in [1.54, 1.807) is 11.3 Å². The number of hydrogen-bond donors (Lipinski definition) is 1. The van der Waals surface area contributed by atoms with Crippen molar-refractivity contribution in [2.45, 2.75) is 31.4 Å². The number of likely N-dealkylation sites (tertiary alicyclic amines) is 1. The zero-order valence-corrected chi connectivity index (χ0v) is 11.0. The molecule has 0 unspecified atom stereocenters. The van der Waals surface area contributed by atoms with E-state index in [-0.39, 0.29) is 11.7 Å². The Morgan fingerprint density at radius 2 is 2.44 bits per heavy atom. The van der Waals surface area contributed by atoms with Gasteiger partial charge in [-0.05, 0) is 19.4 Å². The molecule has 18 heavy (non-hydrogen) atoms. The van der Waals surface area contributed by atoms with Gasteiger partial charge in [0.2, 0.25) is 0 Å². The van der Waals surface area contributed by atoms with Gasteiger partial charge >= 0.3 is 6.09 Å². The Balaban J connectivity index is 1.60. The number of thiazole rings is 1. The summed E-state index contributed by atoms with van der Waals surface area (Å²) in [6.07, 6.45) is 4.53. The minimum Gasteiger partial charge on any atom is -0.441 e. The number of hydrogen-bond acceptors (Lipinski definition) is 5. The minimum atomic E-state index is -0.261. The number of nitrogens with one attached hydrogen (secondary N) is 1. The Morgan fingerprint density at radius 3 is 3.17 bits per heavy atom. The third-order valence-electron chi connectivity index (χ3n) is 3.70. The topological polar surface area (TPSA) is 54.5 Å². The molecular formula is C12H17N3O2S. The molecule has 1 aromatic heterocycles. The predicted octanol–water partition coefficient (Wildman–Crippen LogP) is 1.61. The smallest absolute Gasteiger partial charge is 0.407 e. The Hall–Kier alpha value is -1.14. The molecule has 2 aliphatic heterocycles. The van der Waals surface area contributed by atoms with E-state index in [2.05, 4.69) is 15.2 Å². The molecule has 0 bridgehead atoms. The first kappa shape index (κ1) is 11.9. The van der Waals surface area contributed by atoms with Gasteiger partial charge in [0.05, 0.1) is 13.1 Å². The van der Waals surface area contributed by atoms with E-state index in [1.807, 2.05) is 11.6 Å². The SMILES string of the molecule is O=C1NC[C@@]2(CCCN(Cc3nccs3)CC2)O1. The van der Waals surface area contributed by atoms with Gasteiger partial charge in [-0.25, -0.2) is 9.78 Å². The lowest BCUT2D eigenvalue weighted by atomic mass is 9.95. The molecule has 1 atom stereocenters. The molecule has 0 saturated carbocycles. The Labute approximate surface area is 110 Å². The average molecular weight is 267 g/mol. The van der Waals surface area contributed by atoms with Crippen molar-refractivity contribution in [3.63, 3.8) is 0 Å². The summed E-state index contributed by atoms with van der Waals surface area (Å²) in [7, 11) is 0. The van der Waals surface area contributed by atoms with Crippen LogP contribution in [0.25, 0.3) is 0 Å². The fourth-order valence-electron chi connectivity index (χ4n) is 2.68. The maximum atomic E-state index is 11.2. The van der Waals surface area contributed by atoms with Crippen LogP contribution in [-0.4, -0.2) is 41.2 Å². The Morgan fingerprint density at radius 1 is 1.50 bits per heavy atom. The third-order valence-corrected chi connectivity index (χ3v) is 4.46. The van der Waals surface area contributed by atoms with E-state index in [9.17, 15) is 4.79 Å². The zero-order chi connectivity index (χ0) is 12.4. The van der Waals surface area contributed by atoms with Crippen molar-refractivity contribution in [2.75, 3.05) is 19.6 Å². The van der Waals surface area contributed by atoms with E-state index >= 15 is 0 Å². The van der Waals surface area contributed by atoms with Crippen LogP contribution in [0, 0.1) is 0 Å². The molecule has 98 valence electrons. The first-order valence-corrected chi connectivity index (χ1v) is 7.21.